The van der Waals surface area contributed by atoms with Crippen LogP contribution in [0.15, 0.2) is 30.3 Å². The molecule has 77 heavy (non-hydrogen) atoms. The summed E-state index contributed by atoms with van der Waals surface area (Å²) >= 11 is 0. The number of aliphatic hydroxyl groups excluding tert-OH is 2. The average Bonchev–Trinajstić information content (AvgIpc) is 3.37. The molecule has 1 saturated heterocycles. The molecule has 1 aliphatic carbocycles. The molecule has 3 unspecified atom stereocenters. The third kappa shape index (κ3) is 21.5. The van der Waals surface area contributed by atoms with Crippen molar-refractivity contribution < 1.29 is 58.2 Å². The van der Waals surface area contributed by atoms with E-state index in [0.29, 0.717) is 31.2 Å². The van der Waals surface area contributed by atoms with Crippen LogP contribution >= 0.6 is 0 Å². The molecule has 1 heterocycles. The summed E-state index contributed by atoms with van der Waals surface area (Å²) in [5.41, 5.74) is 30.1. The molecule has 27 heteroatoms. The van der Waals surface area contributed by atoms with Crippen LogP contribution in [-0.2, 0) is 54.4 Å². The molecule has 0 aromatic heterocycles. The van der Waals surface area contributed by atoms with Crippen LogP contribution in [0.2, 0.25) is 0 Å². The summed E-state index contributed by atoms with van der Waals surface area (Å²) in [6, 6.07) is -4.59. The van der Waals surface area contributed by atoms with E-state index in [-0.39, 0.29) is 76.7 Å². The first-order chi connectivity index (χ1) is 36.5. The topological polar surface area (TPSA) is 462 Å². The molecule has 0 radical (unpaired) electrons. The van der Waals surface area contributed by atoms with Crippen molar-refractivity contribution in [1.82, 2.24) is 53.2 Å². The van der Waals surface area contributed by atoms with Gasteiger partial charge in [-0.15, -0.1) is 0 Å². The Morgan fingerprint density at radius 3 is 1.60 bits per heavy atom. The van der Waals surface area contributed by atoms with Gasteiger partial charge in [-0.3, -0.25) is 47.9 Å². The number of aliphatic hydroxyl groups is 2. The molecule has 1 saturated carbocycles. The van der Waals surface area contributed by atoms with Gasteiger partial charge in [0.1, 0.15) is 54.4 Å². The molecule has 11 atom stereocenters. The lowest BCUT2D eigenvalue weighted by atomic mass is 9.85. The fourth-order valence-electron chi connectivity index (χ4n) is 8.83. The van der Waals surface area contributed by atoms with Crippen LogP contribution in [0.5, 0.6) is 0 Å². The quantitative estimate of drug-likeness (QED) is 0.0578. The Hall–Kier alpha value is -6.36. The van der Waals surface area contributed by atoms with Gasteiger partial charge in [0.2, 0.25) is 59.1 Å². The van der Waals surface area contributed by atoms with Gasteiger partial charge in [-0.25, -0.2) is 0 Å². The van der Waals surface area contributed by atoms with Gasteiger partial charge in [0.05, 0.1) is 12.2 Å². The third-order valence-electron chi connectivity index (χ3n) is 13.2. The molecule has 0 bridgehead atoms. The number of carbonyl (C=O) groups excluding carboxylic acids is 10. The Morgan fingerprint density at radius 2 is 1.09 bits per heavy atom. The first kappa shape index (κ1) is 64.9. The van der Waals surface area contributed by atoms with Crippen molar-refractivity contribution in [3.63, 3.8) is 0 Å². The molecule has 10 amide bonds. The Labute approximate surface area is 449 Å². The second kappa shape index (κ2) is 33.0. The monoisotopic (exact) mass is 1090 g/mol. The maximum atomic E-state index is 14.4. The van der Waals surface area contributed by atoms with Crippen LogP contribution in [0.1, 0.15) is 97.5 Å². The van der Waals surface area contributed by atoms with Crippen molar-refractivity contribution in [2.75, 3.05) is 32.7 Å². The minimum Gasteiger partial charge on any atom is -0.391 e. The molecule has 0 spiro atoms. The van der Waals surface area contributed by atoms with E-state index < -0.39 is 145 Å². The number of benzene rings is 1. The van der Waals surface area contributed by atoms with Gasteiger partial charge < -0.3 is 92.0 Å². The molecule has 27 nitrogen and oxygen atoms in total. The highest BCUT2D eigenvalue weighted by Crippen LogP contribution is 2.23. The smallest absolute Gasteiger partial charge is 0.245 e. The molecule has 3 rings (SSSR count). The highest BCUT2D eigenvalue weighted by Gasteiger charge is 2.38. The first-order valence-corrected chi connectivity index (χ1v) is 26.5. The Kier molecular flexibility index (Phi) is 27.9. The highest BCUT2D eigenvalue weighted by molar-refractivity contribution is 5.99. The average molecular weight is 1090 g/mol. The van der Waals surface area contributed by atoms with Gasteiger partial charge in [0.25, 0.3) is 0 Å². The van der Waals surface area contributed by atoms with Crippen LogP contribution in [0.25, 0.3) is 0 Å². The summed E-state index contributed by atoms with van der Waals surface area (Å²) < 4.78 is 0. The van der Waals surface area contributed by atoms with E-state index in [1.165, 1.54) is 13.8 Å². The second-order valence-corrected chi connectivity index (χ2v) is 20.2. The molecule has 22 N–H and O–H groups in total. The van der Waals surface area contributed by atoms with Crippen LogP contribution in [0.4, 0.5) is 0 Å². The third-order valence-corrected chi connectivity index (χ3v) is 13.2. The Balaban J connectivity index is 2.10. The zero-order chi connectivity index (χ0) is 57.4. The van der Waals surface area contributed by atoms with Gasteiger partial charge in [-0.2, -0.15) is 0 Å². The lowest BCUT2D eigenvalue weighted by molar-refractivity contribution is -0.137. The number of nitrogens with one attached hydrogen (secondary N) is 10. The van der Waals surface area contributed by atoms with Crippen molar-refractivity contribution in [3.05, 3.63) is 35.9 Å². The largest absolute Gasteiger partial charge is 0.391 e. The van der Waals surface area contributed by atoms with Crippen molar-refractivity contribution in [2.45, 2.75) is 171 Å². The van der Waals surface area contributed by atoms with Crippen molar-refractivity contribution in [3.8, 4) is 0 Å². The fourth-order valence-corrected chi connectivity index (χ4v) is 8.83. The lowest BCUT2D eigenvalue weighted by Crippen LogP contribution is -2.61. The van der Waals surface area contributed by atoms with Gasteiger partial charge >= 0.3 is 0 Å². The van der Waals surface area contributed by atoms with E-state index >= 15 is 0 Å². The maximum Gasteiger partial charge on any atom is 0.245 e. The molecule has 2 fully saturated rings. The summed E-state index contributed by atoms with van der Waals surface area (Å²) in [5, 5.41) is 47.0. The molecular formula is C50H85N15O12. The summed E-state index contributed by atoms with van der Waals surface area (Å²) in [6.45, 7) is 5.07. The zero-order valence-corrected chi connectivity index (χ0v) is 44.6. The fraction of sp³-hybridized carbons (Fsp3) is 0.680. The minimum atomic E-state index is -1.66. The van der Waals surface area contributed by atoms with Crippen molar-refractivity contribution >= 4 is 59.1 Å². The summed E-state index contributed by atoms with van der Waals surface area (Å²) in [4.78, 5) is 140. The van der Waals surface area contributed by atoms with Gasteiger partial charge in [0, 0.05) is 24.9 Å². The van der Waals surface area contributed by atoms with Crippen LogP contribution < -0.4 is 81.8 Å². The molecule has 1 aromatic rings. The van der Waals surface area contributed by atoms with Gasteiger partial charge in [0.15, 0.2) is 0 Å². The van der Waals surface area contributed by atoms with E-state index in [9.17, 15) is 58.2 Å². The van der Waals surface area contributed by atoms with E-state index in [1.807, 2.05) is 0 Å². The molecule has 432 valence electrons. The van der Waals surface area contributed by atoms with Crippen molar-refractivity contribution in [1.29, 1.82) is 0 Å². The summed E-state index contributed by atoms with van der Waals surface area (Å²) in [5.74, 6) is -9.29. The SMILES string of the molecule is CC(C)C[C@@H]1NC(=O)[C@@H](Cc2ccccc2)NC(=O)[C@H](CCN)NC(=O)[C@@H](NC(=O)[C@H](CCN)NC(=O)[C@@H](NC(=O)C2CCC(N)CC2)C(C)O)CCNC(=O)C(C(C)O)NC(=O)[C@H](CCN)NC(=O)[C@H](CCN)NC1=O. The Bertz CT molecular complexity index is 2130. The number of nitrogens with two attached hydrogens (primary N) is 5. The van der Waals surface area contributed by atoms with Crippen LogP contribution in [-0.4, -0.2) is 175 Å². The van der Waals surface area contributed by atoms with Gasteiger partial charge in [-0.05, 0) is 116 Å². The normalized spacial score (nSPS) is 26.4. The number of rotatable bonds is 20. The summed E-state index contributed by atoms with van der Waals surface area (Å²) in [6.07, 6.45) is -1.99. The van der Waals surface area contributed by atoms with E-state index in [0.717, 1.165) is 0 Å². The number of hydrogen-bond donors (Lipinski definition) is 17. The molecular weight excluding hydrogens is 1000 g/mol. The molecule has 2 aliphatic rings. The van der Waals surface area contributed by atoms with Crippen LogP contribution in [0.3, 0.4) is 0 Å². The Morgan fingerprint density at radius 1 is 0.597 bits per heavy atom. The lowest BCUT2D eigenvalue weighted by Gasteiger charge is -2.29. The highest BCUT2D eigenvalue weighted by atomic mass is 16.3. The van der Waals surface area contributed by atoms with Crippen molar-refractivity contribution in [2.24, 2.45) is 40.5 Å². The zero-order valence-electron chi connectivity index (χ0n) is 44.6. The predicted molar refractivity (Wildman–Crippen MR) is 283 cm³/mol. The maximum absolute atomic E-state index is 14.4. The van der Waals surface area contributed by atoms with Crippen LogP contribution in [0, 0.1) is 11.8 Å². The standard InChI is InChI=1S/C50H85N15O12/c1-26(2)24-37-47(74)59-32(14-19-51)42(69)58-35(17-22-54)46(73)65-39(27(3)66)49(76)56-23-18-36(45(72)57-33(15-20-52)44(71)63-38(48(75)62-37)25-29-8-6-5-7-9-29)60-43(70)34(16-21-53)61-50(77)40(28(4)67)64-41(68)30-10-12-31(55)13-11-30/h5-9,26-28,30-40,66-67H,10-25,51-55H2,1-4H3,(H,56,76)(H,57,72)(H,58,69)(H,59,74)(H,60,70)(H,61,77)(H,62,75)(H,63,71)(H,64,68)(H,65,73)/t27?,28?,30?,31?,32-,33-,34-,35-,36-,37-,38+,39?,40-/m0/s1. The minimum absolute atomic E-state index is 0.0598. The van der Waals surface area contributed by atoms with Gasteiger partial charge in [-0.1, -0.05) is 44.2 Å². The predicted octanol–water partition coefficient (Wildman–Crippen LogP) is -6.17. The number of carbonyl (C=O) groups is 10. The number of amides is 10. The van der Waals surface area contributed by atoms with E-state index in [4.69, 9.17) is 28.7 Å². The summed E-state index contributed by atoms with van der Waals surface area (Å²) in [7, 11) is 0. The molecule has 1 aromatic carbocycles. The molecule has 1 aliphatic heterocycles. The van der Waals surface area contributed by atoms with E-state index in [2.05, 4.69) is 53.2 Å². The van der Waals surface area contributed by atoms with E-state index in [1.54, 1.807) is 44.2 Å². The second-order valence-electron chi connectivity index (χ2n) is 20.2. The first-order valence-electron chi connectivity index (χ1n) is 26.5. The number of hydrogen-bond acceptors (Lipinski definition) is 17.